The smallest absolute Gasteiger partial charge is 0.270 e. The number of aromatic nitrogens is 2. The third-order valence-electron chi connectivity index (χ3n) is 4.35. The lowest BCUT2D eigenvalue weighted by molar-refractivity contribution is -0.125. The zero-order valence-electron chi connectivity index (χ0n) is 14.2. The number of carbonyl (C=O) groups is 1. The predicted octanol–water partition coefficient (Wildman–Crippen LogP) is 3.84. The molecular weight excluding hydrogens is 362 g/mol. The van der Waals surface area contributed by atoms with Crippen molar-refractivity contribution < 1.29 is 14.3 Å². The first-order valence-corrected chi connectivity index (χ1v) is 9.38. The average molecular weight is 377 g/mol. The predicted molar refractivity (Wildman–Crippen MR) is 103 cm³/mol. The van der Waals surface area contributed by atoms with Gasteiger partial charge in [-0.05, 0) is 12.1 Å². The summed E-state index contributed by atoms with van der Waals surface area (Å²) < 4.78 is 13.4. The number of anilines is 1. The first kappa shape index (κ1) is 15.9. The van der Waals surface area contributed by atoms with Crippen LogP contribution in [0.15, 0.2) is 66.2 Å². The van der Waals surface area contributed by atoms with Crippen LogP contribution in [0, 0.1) is 0 Å². The van der Waals surface area contributed by atoms with Gasteiger partial charge in [0.25, 0.3) is 5.91 Å². The van der Waals surface area contributed by atoms with E-state index in [0.717, 1.165) is 16.2 Å². The number of nitrogens with zero attached hydrogens (tertiary/aromatic N) is 2. The lowest BCUT2D eigenvalue weighted by atomic mass is 10.1. The standard InChI is InChI=1S/C20H15N3O3S/c24-19(16-12-25-14-8-4-5-9-15(14)26-16)22-18-17(13-6-2-1-3-7-13)21-20-23(18)10-11-27-20/h1-11,16H,12H2,(H,22,24)/t16-/m1/s1. The van der Waals surface area contributed by atoms with Crippen molar-refractivity contribution in [2.75, 3.05) is 11.9 Å². The largest absolute Gasteiger partial charge is 0.485 e. The Morgan fingerprint density at radius 1 is 1.11 bits per heavy atom. The van der Waals surface area contributed by atoms with Crippen molar-refractivity contribution in [3.63, 3.8) is 0 Å². The van der Waals surface area contributed by atoms with Gasteiger partial charge in [-0.15, -0.1) is 11.3 Å². The van der Waals surface area contributed by atoms with E-state index < -0.39 is 6.10 Å². The molecule has 1 aliphatic rings. The molecule has 134 valence electrons. The van der Waals surface area contributed by atoms with E-state index in [1.165, 1.54) is 11.3 Å². The quantitative estimate of drug-likeness (QED) is 0.589. The Morgan fingerprint density at radius 3 is 2.74 bits per heavy atom. The molecule has 0 saturated heterocycles. The van der Waals surface area contributed by atoms with E-state index in [4.69, 9.17) is 9.47 Å². The number of para-hydroxylation sites is 2. The second-order valence-electron chi connectivity index (χ2n) is 6.08. The highest BCUT2D eigenvalue weighted by atomic mass is 32.1. The second-order valence-corrected chi connectivity index (χ2v) is 6.96. The molecule has 0 unspecified atom stereocenters. The van der Waals surface area contributed by atoms with Crippen LogP contribution < -0.4 is 14.8 Å². The molecule has 0 spiro atoms. The summed E-state index contributed by atoms with van der Waals surface area (Å²) in [5, 5.41) is 4.92. The van der Waals surface area contributed by atoms with Gasteiger partial charge in [-0.1, -0.05) is 42.5 Å². The van der Waals surface area contributed by atoms with Crippen molar-refractivity contribution in [2.45, 2.75) is 6.10 Å². The topological polar surface area (TPSA) is 64.9 Å². The van der Waals surface area contributed by atoms with Gasteiger partial charge >= 0.3 is 0 Å². The minimum absolute atomic E-state index is 0.162. The highest BCUT2D eigenvalue weighted by Gasteiger charge is 2.29. The molecule has 3 heterocycles. The highest BCUT2D eigenvalue weighted by Crippen LogP contribution is 2.33. The van der Waals surface area contributed by atoms with Gasteiger partial charge in [0.2, 0.25) is 6.10 Å². The molecule has 6 nitrogen and oxygen atoms in total. The summed E-state index contributed by atoms with van der Waals surface area (Å²) in [6.07, 6.45) is 1.16. The number of imidazole rings is 1. The normalized spacial score (nSPS) is 15.6. The molecule has 0 aliphatic carbocycles. The third-order valence-corrected chi connectivity index (χ3v) is 5.11. The maximum atomic E-state index is 12.9. The number of hydrogen-bond acceptors (Lipinski definition) is 5. The van der Waals surface area contributed by atoms with Gasteiger partial charge in [0.05, 0.1) is 0 Å². The maximum Gasteiger partial charge on any atom is 0.270 e. The fourth-order valence-corrected chi connectivity index (χ4v) is 3.76. The van der Waals surface area contributed by atoms with Crippen LogP contribution in [-0.2, 0) is 4.79 Å². The Labute approximate surface area is 159 Å². The maximum absolute atomic E-state index is 12.9. The molecule has 5 rings (SSSR count). The second kappa shape index (κ2) is 6.44. The van der Waals surface area contributed by atoms with E-state index in [1.54, 1.807) is 6.07 Å². The molecule has 0 saturated carbocycles. The van der Waals surface area contributed by atoms with Crippen molar-refractivity contribution in [3.8, 4) is 22.8 Å². The number of thiazole rings is 1. The molecular formula is C20H15N3O3S. The number of fused-ring (bicyclic) bond motifs is 2. The van der Waals surface area contributed by atoms with Crippen LogP contribution in [-0.4, -0.2) is 28.0 Å². The summed E-state index contributed by atoms with van der Waals surface area (Å²) in [4.78, 5) is 18.4. The summed E-state index contributed by atoms with van der Waals surface area (Å²) >= 11 is 1.51. The molecule has 2 aromatic heterocycles. The number of hydrogen-bond donors (Lipinski definition) is 1. The summed E-state index contributed by atoms with van der Waals surface area (Å²) in [6.45, 7) is 0.162. The first-order chi connectivity index (χ1) is 13.3. The summed E-state index contributed by atoms with van der Waals surface area (Å²) in [5.41, 5.74) is 1.67. The molecule has 27 heavy (non-hydrogen) atoms. The van der Waals surface area contributed by atoms with Crippen LogP contribution in [0.25, 0.3) is 16.2 Å². The van der Waals surface area contributed by atoms with E-state index in [1.807, 2.05) is 64.5 Å². The molecule has 1 amide bonds. The fourth-order valence-electron chi connectivity index (χ4n) is 3.05. The van der Waals surface area contributed by atoms with Crippen molar-refractivity contribution in [1.82, 2.24) is 9.38 Å². The zero-order chi connectivity index (χ0) is 18.2. The van der Waals surface area contributed by atoms with E-state index in [-0.39, 0.29) is 12.5 Å². The van der Waals surface area contributed by atoms with Gasteiger partial charge in [0, 0.05) is 17.1 Å². The molecule has 1 N–H and O–H groups in total. The van der Waals surface area contributed by atoms with Crippen molar-refractivity contribution in [3.05, 3.63) is 66.2 Å². The van der Waals surface area contributed by atoms with Gasteiger partial charge in [-0.2, -0.15) is 0 Å². The van der Waals surface area contributed by atoms with E-state index in [0.29, 0.717) is 17.3 Å². The minimum atomic E-state index is -0.729. The van der Waals surface area contributed by atoms with Gasteiger partial charge in [0.1, 0.15) is 18.1 Å². The SMILES string of the molecule is O=C(Nc1c(-c2ccccc2)nc2sccn12)[C@H]1COc2ccccc2O1. The molecule has 7 heteroatoms. The number of amides is 1. The van der Waals surface area contributed by atoms with Crippen molar-refractivity contribution in [1.29, 1.82) is 0 Å². The lowest BCUT2D eigenvalue weighted by Gasteiger charge is -2.25. The Bertz CT molecular complexity index is 1120. The van der Waals surface area contributed by atoms with Gasteiger partial charge in [-0.3, -0.25) is 9.20 Å². The number of ether oxygens (including phenoxy) is 2. The van der Waals surface area contributed by atoms with Gasteiger partial charge in [0.15, 0.2) is 16.5 Å². The van der Waals surface area contributed by atoms with Crippen LogP contribution in [0.4, 0.5) is 5.82 Å². The summed E-state index contributed by atoms with van der Waals surface area (Å²) in [7, 11) is 0. The molecule has 0 fully saturated rings. The highest BCUT2D eigenvalue weighted by molar-refractivity contribution is 7.15. The Kier molecular flexibility index (Phi) is 3.79. The van der Waals surface area contributed by atoms with Crippen molar-refractivity contribution >= 4 is 28.0 Å². The van der Waals surface area contributed by atoms with Crippen LogP contribution in [0.1, 0.15) is 0 Å². The zero-order valence-corrected chi connectivity index (χ0v) is 15.0. The molecule has 2 aromatic carbocycles. The average Bonchev–Trinajstić information content (AvgIpc) is 3.31. The van der Waals surface area contributed by atoms with E-state index >= 15 is 0 Å². The molecule has 1 atom stereocenters. The summed E-state index contributed by atoms with van der Waals surface area (Å²) in [5.74, 6) is 1.58. The van der Waals surface area contributed by atoms with E-state index in [2.05, 4.69) is 10.3 Å². The number of rotatable bonds is 3. The Balaban J connectivity index is 1.46. The summed E-state index contributed by atoms with van der Waals surface area (Å²) in [6, 6.07) is 17.1. The van der Waals surface area contributed by atoms with Gasteiger partial charge in [-0.25, -0.2) is 4.98 Å². The number of carbonyl (C=O) groups excluding carboxylic acids is 1. The molecule has 0 bridgehead atoms. The Hall–Kier alpha value is -3.32. The molecule has 4 aromatic rings. The fraction of sp³-hybridized carbons (Fsp3) is 0.100. The minimum Gasteiger partial charge on any atom is -0.485 e. The Morgan fingerprint density at radius 2 is 1.89 bits per heavy atom. The monoisotopic (exact) mass is 377 g/mol. The molecule has 1 aliphatic heterocycles. The van der Waals surface area contributed by atoms with Crippen molar-refractivity contribution in [2.24, 2.45) is 0 Å². The van der Waals surface area contributed by atoms with Crippen LogP contribution in [0.3, 0.4) is 0 Å². The molecule has 0 radical (unpaired) electrons. The lowest BCUT2D eigenvalue weighted by Crippen LogP contribution is -2.40. The van der Waals surface area contributed by atoms with E-state index in [9.17, 15) is 4.79 Å². The van der Waals surface area contributed by atoms with Crippen LogP contribution >= 0.6 is 11.3 Å². The first-order valence-electron chi connectivity index (χ1n) is 8.50. The van der Waals surface area contributed by atoms with Crippen LogP contribution in [0.2, 0.25) is 0 Å². The number of benzene rings is 2. The third kappa shape index (κ3) is 2.82. The van der Waals surface area contributed by atoms with Gasteiger partial charge < -0.3 is 14.8 Å². The van der Waals surface area contributed by atoms with Crippen LogP contribution in [0.5, 0.6) is 11.5 Å². The number of nitrogens with one attached hydrogen (secondary N) is 1.